The highest BCUT2D eigenvalue weighted by atomic mass is 32.1. The lowest BCUT2D eigenvalue weighted by atomic mass is 10.2. The second-order valence-corrected chi connectivity index (χ2v) is 6.10. The van der Waals surface area contributed by atoms with E-state index in [-0.39, 0.29) is 0 Å². The zero-order valence-electron chi connectivity index (χ0n) is 12.9. The topological polar surface area (TPSA) is 16.8 Å². The maximum atomic E-state index is 9.75. The van der Waals surface area contributed by atoms with Gasteiger partial charge in [-0.15, -0.1) is 11.3 Å². The van der Waals surface area contributed by atoms with Gasteiger partial charge in [0.25, 0.3) is 0 Å². The number of para-hydroxylation sites is 1. The molecule has 3 aromatic rings. The predicted octanol–water partition coefficient (Wildman–Crippen LogP) is 4.70. The Balaban J connectivity index is 0.000000338. The van der Waals surface area contributed by atoms with Crippen LogP contribution in [0, 0.1) is 13.8 Å². The number of nitrogens with zero attached hydrogens (tertiary/aromatic N) is 2. The van der Waals surface area contributed by atoms with E-state index in [1.54, 1.807) is 11.3 Å². The average Bonchev–Trinajstić information content (AvgIpc) is 2.86. The van der Waals surface area contributed by atoms with Gasteiger partial charge in [0.05, 0.1) is 10.2 Å². The minimum absolute atomic E-state index is 1.08. The van der Waals surface area contributed by atoms with Crippen LogP contribution in [0.5, 0.6) is 0 Å². The Labute approximate surface area is 135 Å². The number of rotatable bonds is 1. The van der Waals surface area contributed by atoms with Gasteiger partial charge in [0, 0.05) is 31.5 Å². The second-order valence-electron chi connectivity index (χ2n) is 5.07. The molecular weight excluding hydrogens is 327 g/mol. The number of halogens is 4. The molecule has 0 amide bonds. The summed E-state index contributed by atoms with van der Waals surface area (Å²) in [4.78, 5) is 4.70. The minimum Gasteiger partial charge on any atom is -0.418 e. The summed E-state index contributed by atoms with van der Waals surface area (Å²) in [5, 5.41) is 1.10. The van der Waals surface area contributed by atoms with Gasteiger partial charge in [0.2, 0.25) is 0 Å². The molecule has 0 saturated heterocycles. The van der Waals surface area contributed by atoms with Crippen molar-refractivity contribution < 1.29 is 21.8 Å². The van der Waals surface area contributed by atoms with E-state index in [0.717, 1.165) is 10.5 Å². The normalized spacial score (nSPS) is 11.3. The van der Waals surface area contributed by atoms with Gasteiger partial charge >= 0.3 is 7.25 Å². The van der Waals surface area contributed by atoms with Crippen molar-refractivity contribution in [2.24, 2.45) is 7.05 Å². The first-order chi connectivity index (χ1) is 10.6. The summed E-state index contributed by atoms with van der Waals surface area (Å²) in [5.41, 5.74) is 4.80. The van der Waals surface area contributed by atoms with Crippen molar-refractivity contribution in [2.75, 3.05) is 0 Å². The van der Waals surface area contributed by atoms with Crippen LogP contribution in [0.3, 0.4) is 0 Å². The van der Waals surface area contributed by atoms with E-state index in [0.29, 0.717) is 0 Å². The largest absolute Gasteiger partial charge is 0.673 e. The van der Waals surface area contributed by atoms with Gasteiger partial charge in [0.15, 0.2) is 11.4 Å². The van der Waals surface area contributed by atoms with Gasteiger partial charge in [-0.05, 0) is 12.1 Å². The van der Waals surface area contributed by atoms with E-state index in [4.69, 9.17) is 4.98 Å². The molecule has 0 bridgehead atoms. The molecule has 8 heteroatoms. The molecule has 3 rings (SSSR count). The van der Waals surface area contributed by atoms with Gasteiger partial charge in [-0.3, -0.25) is 0 Å². The third kappa shape index (κ3) is 4.76. The lowest BCUT2D eigenvalue weighted by Gasteiger charge is -2.01. The number of fused-ring (bicyclic) bond motifs is 1. The van der Waals surface area contributed by atoms with Crippen LogP contribution in [0.25, 0.3) is 20.8 Å². The first-order valence-corrected chi connectivity index (χ1v) is 7.67. The Morgan fingerprint density at radius 1 is 1.00 bits per heavy atom. The lowest BCUT2D eigenvalue weighted by Crippen LogP contribution is -2.35. The van der Waals surface area contributed by atoms with Crippen molar-refractivity contribution in [3.63, 3.8) is 0 Å². The Hall–Kier alpha value is -1.96. The summed E-state index contributed by atoms with van der Waals surface area (Å²) in [7, 11) is -3.91. The van der Waals surface area contributed by atoms with Crippen LogP contribution < -0.4 is 4.57 Å². The van der Waals surface area contributed by atoms with Gasteiger partial charge < -0.3 is 17.3 Å². The Kier molecular flexibility index (Phi) is 5.04. The minimum atomic E-state index is -6.00. The summed E-state index contributed by atoms with van der Waals surface area (Å²) in [6.45, 7) is 4.26. The zero-order valence-corrected chi connectivity index (χ0v) is 13.7. The summed E-state index contributed by atoms with van der Waals surface area (Å²) < 4.78 is 42.4. The predicted molar refractivity (Wildman–Crippen MR) is 85.9 cm³/mol. The Bertz CT molecular complexity index is 768. The molecule has 0 radical (unpaired) electrons. The monoisotopic (exact) mass is 342 g/mol. The van der Waals surface area contributed by atoms with E-state index in [1.807, 2.05) is 6.07 Å². The summed E-state index contributed by atoms with van der Waals surface area (Å²) >= 11 is 1.75. The molecule has 0 atom stereocenters. The maximum absolute atomic E-state index is 9.75. The highest BCUT2D eigenvalue weighted by Crippen LogP contribution is 2.30. The molecular formula is C15H15BF4N2S. The third-order valence-corrected chi connectivity index (χ3v) is 4.41. The van der Waals surface area contributed by atoms with Crippen LogP contribution in [-0.4, -0.2) is 12.2 Å². The van der Waals surface area contributed by atoms with Crippen LogP contribution >= 0.6 is 11.3 Å². The second kappa shape index (κ2) is 6.66. The summed E-state index contributed by atoms with van der Waals surface area (Å²) in [5.74, 6) is 0. The molecule has 0 aliphatic carbocycles. The standard InChI is InChI=1S/C15H15N2S.BF4/c1-10-8-12(9-11(2)17(10)3)15-16-13-6-4-5-7-14(13)18-15;2-1(3,4)5/h4-9H,1-3H3;/q+1;-1. The van der Waals surface area contributed by atoms with Crippen molar-refractivity contribution in [3.05, 3.63) is 47.8 Å². The van der Waals surface area contributed by atoms with Gasteiger partial charge in [-0.1, -0.05) is 12.1 Å². The zero-order chi connectivity index (χ0) is 17.2. The quantitative estimate of drug-likeness (QED) is 0.356. The maximum Gasteiger partial charge on any atom is 0.673 e. The van der Waals surface area contributed by atoms with E-state index < -0.39 is 7.25 Å². The van der Waals surface area contributed by atoms with Crippen molar-refractivity contribution in [3.8, 4) is 10.6 Å². The number of aryl methyl sites for hydroxylation is 2. The first kappa shape index (κ1) is 17.4. The molecule has 0 aliphatic rings. The van der Waals surface area contributed by atoms with Crippen LogP contribution in [0.2, 0.25) is 0 Å². The molecule has 2 heterocycles. The van der Waals surface area contributed by atoms with Crippen molar-refractivity contribution >= 4 is 28.8 Å². The fourth-order valence-corrected chi connectivity index (χ4v) is 3.04. The van der Waals surface area contributed by atoms with Crippen LogP contribution in [-0.2, 0) is 7.05 Å². The van der Waals surface area contributed by atoms with Gasteiger partial charge in [-0.25, -0.2) is 9.55 Å². The van der Waals surface area contributed by atoms with Crippen molar-refractivity contribution in [1.29, 1.82) is 0 Å². The van der Waals surface area contributed by atoms with Gasteiger partial charge in [-0.2, -0.15) is 0 Å². The first-order valence-electron chi connectivity index (χ1n) is 6.85. The molecule has 1 aromatic carbocycles. The number of benzene rings is 1. The average molecular weight is 342 g/mol. The van der Waals surface area contributed by atoms with E-state index >= 15 is 0 Å². The third-order valence-electron chi connectivity index (χ3n) is 3.33. The molecule has 0 fully saturated rings. The molecule has 0 aliphatic heterocycles. The molecule has 2 nitrogen and oxygen atoms in total. The highest BCUT2D eigenvalue weighted by Gasteiger charge is 2.20. The number of hydrogen-bond acceptors (Lipinski definition) is 2. The van der Waals surface area contributed by atoms with E-state index in [1.165, 1.54) is 21.7 Å². The Morgan fingerprint density at radius 3 is 2.04 bits per heavy atom. The smallest absolute Gasteiger partial charge is 0.418 e. The lowest BCUT2D eigenvalue weighted by molar-refractivity contribution is -0.683. The molecule has 0 unspecified atom stereocenters. The summed E-state index contributed by atoms with van der Waals surface area (Å²) in [6, 6.07) is 12.7. The molecule has 122 valence electrons. The van der Waals surface area contributed by atoms with Crippen molar-refractivity contribution in [1.82, 2.24) is 4.98 Å². The fraction of sp³-hybridized carbons (Fsp3) is 0.200. The number of hydrogen-bond donors (Lipinski definition) is 0. The summed E-state index contributed by atoms with van der Waals surface area (Å²) in [6.07, 6.45) is 0. The fourth-order valence-electron chi connectivity index (χ4n) is 2.08. The Morgan fingerprint density at radius 2 is 1.52 bits per heavy atom. The number of aromatic nitrogens is 2. The molecule has 0 saturated carbocycles. The number of pyridine rings is 1. The number of thiazole rings is 1. The van der Waals surface area contributed by atoms with Crippen LogP contribution in [0.1, 0.15) is 11.4 Å². The molecule has 2 aromatic heterocycles. The van der Waals surface area contributed by atoms with E-state index in [9.17, 15) is 17.3 Å². The molecule has 0 N–H and O–H groups in total. The highest BCUT2D eigenvalue weighted by molar-refractivity contribution is 7.21. The molecule has 0 spiro atoms. The SMILES string of the molecule is Cc1cc(-c2nc3ccccc3s2)cc(C)[n+]1C.F[B-](F)(F)F. The van der Waals surface area contributed by atoms with E-state index in [2.05, 4.69) is 55.8 Å². The molecule has 23 heavy (non-hydrogen) atoms. The van der Waals surface area contributed by atoms with Gasteiger partial charge in [0.1, 0.15) is 12.1 Å². The van der Waals surface area contributed by atoms with Crippen LogP contribution in [0.4, 0.5) is 17.3 Å². The van der Waals surface area contributed by atoms with Crippen molar-refractivity contribution in [2.45, 2.75) is 13.8 Å². The van der Waals surface area contributed by atoms with Crippen LogP contribution in [0.15, 0.2) is 36.4 Å².